The van der Waals surface area contributed by atoms with E-state index in [4.69, 9.17) is 0 Å². The molecule has 6 rings (SSSR count). The lowest BCUT2D eigenvalue weighted by atomic mass is 9.44. The second-order valence-electron chi connectivity index (χ2n) is 9.65. The second kappa shape index (κ2) is 5.24. The molecule has 3 atom stereocenters. The third kappa shape index (κ3) is 1.76. The van der Waals surface area contributed by atoms with Crippen LogP contribution in [0.25, 0.3) is 21.8 Å². The average Bonchev–Trinajstić information content (AvgIpc) is 3.07. The van der Waals surface area contributed by atoms with E-state index in [0.717, 1.165) is 34.8 Å². The number of para-hydroxylation sites is 1. The number of nitrogens with one attached hydrogen (secondary N) is 1. The molecule has 3 aromatic rings. The van der Waals surface area contributed by atoms with Crippen LogP contribution in [0.2, 0.25) is 0 Å². The molecule has 3 N–H and O–H groups in total. The van der Waals surface area contributed by atoms with Gasteiger partial charge in [-0.05, 0) is 68.0 Å². The van der Waals surface area contributed by atoms with Crippen LogP contribution in [0.1, 0.15) is 50.2 Å². The Labute approximate surface area is 165 Å². The van der Waals surface area contributed by atoms with Crippen LogP contribution in [-0.2, 0) is 11.8 Å². The van der Waals surface area contributed by atoms with Gasteiger partial charge in [0.15, 0.2) is 0 Å². The molecule has 2 bridgehead atoms. The number of piperidine rings is 1. The van der Waals surface area contributed by atoms with Gasteiger partial charge in [0.2, 0.25) is 0 Å². The molecule has 4 heteroatoms. The number of hydrogen-bond acceptors (Lipinski definition) is 3. The minimum Gasteiger partial charge on any atom is -0.506 e. The van der Waals surface area contributed by atoms with Gasteiger partial charge in [-0.2, -0.15) is 0 Å². The van der Waals surface area contributed by atoms with Gasteiger partial charge in [-0.3, -0.25) is 0 Å². The molecule has 28 heavy (non-hydrogen) atoms. The lowest BCUT2D eigenvalue weighted by molar-refractivity contribution is -0.0732. The van der Waals surface area contributed by atoms with Crippen LogP contribution in [0.15, 0.2) is 24.3 Å². The predicted octanol–water partition coefficient (Wildman–Crippen LogP) is 4.81. The zero-order chi connectivity index (χ0) is 19.3. The SMILES string of the molecule is CN1CC[C@@]23CCCC[C@]2(C)[C@@H]1Cc1c3cc(O)c2[nH]c3c(O)cccc3c12. The molecule has 1 saturated carbocycles. The summed E-state index contributed by atoms with van der Waals surface area (Å²) >= 11 is 0. The van der Waals surface area contributed by atoms with E-state index in [9.17, 15) is 10.2 Å². The van der Waals surface area contributed by atoms with Crippen molar-refractivity contribution in [3.05, 3.63) is 35.4 Å². The first-order valence-corrected chi connectivity index (χ1v) is 10.7. The summed E-state index contributed by atoms with van der Waals surface area (Å²) in [6.07, 6.45) is 7.27. The Balaban J connectivity index is 1.75. The molecule has 2 aromatic carbocycles. The van der Waals surface area contributed by atoms with Gasteiger partial charge in [0.1, 0.15) is 11.5 Å². The first-order valence-electron chi connectivity index (χ1n) is 10.7. The molecule has 146 valence electrons. The second-order valence-corrected chi connectivity index (χ2v) is 9.65. The minimum atomic E-state index is 0.155. The van der Waals surface area contributed by atoms with Crippen LogP contribution in [0, 0.1) is 5.41 Å². The maximum Gasteiger partial charge on any atom is 0.139 e. The van der Waals surface area contributed by atoms with Gasteiger partial charge in [0.25, 0.3) is 0 Å². The zero-order valence-corrected chi connectivity index (χ0v) is 16.7. The summed E-state index contributed by atoms with van der Waals surface area (Å²) in [5.41, 5.74) is 4.69. The molecule has 3 aliphatic rings. The van der Waals surface area contributed by atoms with Crippen molar-refractivity contribution in [1.29, 1.82) is 0 Å². The van der Waals surface area contributed by atoms with Crippen molar-refractivity contribution in [2.45, 2.75) is 56.9 Å². The van der Waals surface area contributed by atoms with E-state index in [1.807, 2.05) is 6.07 Å². The lowest BCUT2D eigenvalue weighted by Crippen LogP contribution is -2.66. The Bertz CT molecular complexity index is 1130. The number of likely N-dealkylation sites (N-methyl/N-ethyl adjacent to an activating group) is 1. The van der Waals surface area contributed by atoms with Crippen LogP contribution in [-0.4, -0.2) is 39.7 Å². The number of fused-ring (bicyclic) bond motifs is 5. The van der Waals surface area contributed by atoms with E-state index in [1.165, 1.54) is 43.2 Å². The van der Waals surface area contributed by atoms with Crippen LogP contribution >= 0.6 is 0 Å². The van der Waals surface area contributed by atoms with Crippen molar-refractivity contribution in [2.24, 2.45) is 5.41 Å². The van der Waals surface area contributed by atoms with Gasteiger partial charge in [0.05, 0.1) is 11.0 Å². The standard InChI is InChI=1S/C24H28N2O2/c1-23-8-3-4-9-24(23)10-11-26(2)19(23)12-15-16(24)13-18(28)22-20(15)14-6-5-7-17(27)21(14)25-22/h5-7,13,19,25,27-28H,3-4,8-12H2,1-2H3/t19-,23+,24+/m0/s1. The number of rotatable bonds is 0. The Morgan fingerprint density at radius 1 is 1.07 bits per heavy atom. The Hall–Kier alpha value is -2.20. The van der Waals surface area contributed by atoms with Gasteiger partial charge in [-0.15, -0.1) is 0 Å². The maximum atomic E-state index is 11.0. The first-order chi connectivity index (χ1) is 13.5. The van der Waals surface area contributed by atoms with Crippen LogP contribution in [0.3, 0.4) is 0 Å². The third-order valence-electron chi connectivity index (χ3n) is 8.69. The highest BCUT2D eigenvalue weighted by Gasteiger charge is 2.60. The summed E-state index contributed by atoms with van der Waals surface area (Å²) in [4.78, 5) is 5.89. The van der Waals surface area contributed by atoms with Gasteiger partial charge < -0.3 is 20.1 Å². The van der Waals surface area contributed by atoms with Gasteiger partial charge in [-0.25, -0.2) is 0 Å². The lowest BCUT2D eigenvalue weighted by Gasteiger charge is -2.65. The van der Waals surface area contributed by atoms with Gasteiger partial charge in [0, 0.05) is 22.2 Å². The quantitative estimate of drug-likeness (QED) is 0.528. The molecule has 4 nitrogen and oxygen atoms in total. The molecule has 2 aliphatic carbocycles. The summed E-state index contributed by atoms with van der Waals surface area (Å²) in [6.45, 7) is 3.64. The Kier molecular flexibility index (Phi) is 3.13. The van der Waals surface area contributed by atoms with Crippen molar-refractivity contribution >= 4 is 21.8 Å². The Morgan fingerprint density at radius 3 is 2.75 bits per heavy atom. The molecule has 2 heterocycles. The third-order valence-corrected chi connectivity index (χ3v) is 8.69. The van der Waals surface area contributed by atoms with Crippen molar-refractivity contribution < 1.29 is 10.2 Å². The van der Waals surface area contributed by atoms with Crippen molar-refractivity contribution in [2.75, 3.05) is 13.6 Å². The van der Waals surface area contributed by atoms with Gasteiger partial charge >= 0.3 is 0 Å². The van der Waals surface area contributed by atoms with Crippen LogP contribution < -0.4 is 0 Å². The summed E-state index contributed by atoms with van der Waals surface area (Å²) in [7, 11) is 2.29. The fraction of sp³-hybridized carbons (Fsp3) is 0.500. The number of aromatic amines is 1. The Morgan fingerprint density at radius 2 is 1.89 bits per heavy atom. The summed E-state index contributed by atoms with van der Waals surface area (Å²) in [6, 6.07) is 8.28. The molecule has 0 spiro atoms. The number of phenolic OH excluding ortho intramolecular Hbond substituents is 2. The van der Waals surface area contributed by atoms with E-state index in [1.54, 1.807) is 6.07 Å². The number of phenols is 2. The van der Waals surface area contributed by atoms with Gasteiger partial charge in [-0.1, -0.05) is 31.9 Å². The number of benzene rings is 2. The molecule has 1 saturated heterocycles. The van der Waals surface area contributed by atoms with E-state index in [0.29, 0.717) is 11.8 Å². The van der Waals surface area contributed by atoms with E-state index in [-0.39, 0.29) is 16.6 Å². The van der Waals surface area contributed by atoms with Crippen LogP contribution in [0.5, 0.6) is 11.5 Å². The molecule has 1 aliphatic heterocycles. The van der Waals surface area contributed by atoms with Crippen molar-refractivity contribution in [1.82, 2.24) is 9.88 Å². The molecule has 0 unspecified atom stereocenters. The van der Waals surface area contributed by atoms with E-state index in [2.05, 4.69) is 36.0 Å². The van der Waals surface area contributed by atoms with E-state index < -0.39 is 0 Å². The number of hydrogen-bond donors (Lipinski definition) is 3. The first kappa shape index (κ1) is 16.7. The average molecular weight is 377 g/mol. The molecule has 0 radical (unpaired) electrons. The summed E-state index contributed by atoms with van der Waals surface area (Å²) in [5, 5.41) is 23.5. The summed E-state index contributed by atoms with van der Waals surface area (Å²) in [5.74, 6) is 0.569. The number of aromatic hydroxyl groups is 2. The monoisotopic (exact) mass is 376 g/mol. The highest BCUT2D eigenvalue weighted by atomic mass is 16.3. The largest absolute Gasteiger partial charge is 0.506 e. The zero-order valence-electron chi connectivity index (χ0n) is 16.7. The number of aromatic nitrogens is 1. The van der Waals surface area contributed by atoms with E-state index >= 15 is 0 Å². The number of likely N-dealkylation sites (tertiary alicyclic amines) is 1. The highest BCUT2D eigenvalue weighted by Crippen LogP contribution is 2.64. The minimum absolute atomic E-state index is 0.155. The predicted molar refractivity (Wildman–Crippen MR) is 112 cm³/mol. The fourth-order valence-electron chi connectivity index (χ4n) is 7.28. The van der Waals surface area contributed by atoms with Crippen LogP contribution in [0.4, 0.5) is 0 Å². The molecule has 2 fully saturated rings. The molecule has 0 amide bonds. The molecular weight excluding hydrogens is 348 g/mol. The van der Waals surface area contributed by atoms with Crippen molar-refractivity contribution in [3.63, 3.8) is 0 Å². The smallest absolute Gasteiger partial charge is 0.139 e. The highest BCUT2D eigenvalue weighted by molar-refractivity contribution is 6.13. The molecule has 1 aromatic heterocycles. The van der Waals surface area contributed by atoms with Crippen molar-refractivity contribution in [3.8, 4) is 11.5 Å². The normalized spacial score (nSPS) is 32.4. The fourth-order valence-corrected chi connectivity index (χ4v) is 7.28. The number of nitrogens with zero attached hydrogens (tertiary/aromatic N) is 1. The topological polar surface area (TPSA) is 59.5 Å². The summed E-state index contributed by atoms with van der Waals surface area (Å²) < 4.78 is 0. The number of H-pyrrole nitrogens is 1. The molecular formula is C24H28N2O2. The maximum absolute atomic E-state index is 11.0.